The molecule has 0 spiro atoms. The molecular formula is C13H14N2O3S. The number of nitrogens with two attached hydrogens (primary N) is 1. The molecule has 0 radical (unpaired) electrons. The van der Waals surface area contributed by atoms with E-state index in [-0.39, 0.29) is 0 Å². The lowest BCUT2D eigenvalue weighted by atomic mass is 10.1. The van der Waals surface area contributed by atoms with Crippen molar-refractivity contribution in [2.45, 2.75) is 11.8 Å². The number of hydrogen-bond donors (Lipinski definition) is 2. The summed E-state index contributed by atoms with van der Waals surface area (Å²) in [4.78, 5) is 10.6. The molecule has 1 aromatic heterocycles. The molecule has 1 aromatic carbocycles. The van der Waals surface area contributed by atoms with Gasteiger partial charge in [0.2, 0.25) is 0 Å². The number of aromatic nitrogens is 1. The molecule has 0 fully saturated rings. The molecule has 19 heavy (non-hydrogen) atoms. The van der Waals surface area contributed by atoms with Crippen LogP contribution in [-0.2, 0) is 10.5 Å². The zero-order valence-electron chi connectivity index (χ0n) is 10.2. The SMILES string of the molecule is N[C@H](CSCc1cc(-c2ccccc2)no1)C(=O)O. The molecule has 2 aromatic rings. The van der Waals surface area contributed by atoms with Crippen LogP contribution in [0.5, 0.6) is 0 Å². The first-order chi connectivity index (χ1) is 9.16. The Kier molecular flexibility index (Phi) is 4.59. The number of nitrogens with zero attached hydrogens (tertiary/aromatic N) is 1. The molecule has 2 rings (SSSR count). The van der Waals surface area contributed by atoms with Crippen molar-refractivity contribution in [2.24, 2.45) is 5.73 Å². The average molecular weight is 278 g/mol. The minimum atomic E-state index is -0.991. The third-order valence-corrected chi connectivity index (χ3v) is 3.57. The third kappa shape index (κ3) is 3.84. The van der Waals surface area contributed by atoms with Crippen molar-refractivity contribution < 1.29 is 14.4 Å². The Labute approximate surface area is 114 Å². The van der Waals surface area contributed by atoms with Crippen LogP contribution in [0, 0.1) is 0 Å². The van der Waals surface area contributed by atoms with E-state index in [1.54, 1.807) is 0 Å². The monoisotopic (exact) mass is 278 g/mol. The van der Waals surface area contributed by atoms with Crippen LogP contribution in [0.4, 0.5) is 0 Å². The Balaban J connectivity index is 1.90. The number of carboxylic acid groups (broad SMARTS) is 1. The first-order valence-corrected chi connectivity index (χ1v) is 6.89. The first kappa shape index (κ1) is 13.6. The van der Waals surface area contributed by atoms with Gasteiger partial charge in [-0.3, -0.25) is 4.79 Å². The summed E-state index contributed by atoms with van der Waals surface area (Å²) >= 11 is 1.41. The van der Waals surface area contributed by atoms with Gasteiger partial charge in [0.25, 0.3) is 0 Å². The van der Waals surface area contributed by atoms with E-state index in [1.807, 2.05) is 36.4 Å². The smallest absolute Gasteiger partial charge is 0.321 e. The highest BCUT2D eigenvalue weighted by molar-refractivity contribution is 7.98. The molecule has 1 heterocycles. The summed E-state index contributed by atoms with van der Waals surface area (Å²) in [5.41, 5.74) is 7.18. The molecule has 0 aliphatic rings. The van der Waals surface area contributed by atoms with Crippen LogP contribution in [-0.4, -0.2) is 28.0 Å². The topological polar surface area (TPSA) is 89.4 Å². The van der Waals surface area contributed by atoms with Crippen LogP contribution in [0.3, 0.4) is 0 Å². The number of aliphatic carboxylic acids is 1. The highest BCUT2D eigenvalue weighted by Gasteiger charge is 2.12. The summed E-state index contributed by atoms with van der Waals surface area (Å²) < 4.78 is 5.20. The molecule has 0 aliphatic heterocycles. The van der Waals surface area contributed by atoms with Gasteiger partial charge in [0, 0.05) is 17.4 Å². The van der Waals surface area contributed by atoms with Crippen LogP contribution in [0.1, 0.15) is 5.76 Å². The van der Waals surface area contributed by atoms with Crippen LogP contribution < -0.4 is 5.73 Å². The first-order valence-electron chi connectivity index (χ1n) is 5.74. The summed E-state index contributed by atoms with van der Waals surface area (Å²) in [6.45, 7) is 0. The van der Waals surface area contributed by atoms with E-state index in [9.17, 15) is 4.79 Å². The molecule has 1 atom stereocenters. The molecule has 0 saturated heterocycles. The van der Waals surface area contributed by atoms with Gasteiger partial charge in [0.05, 0.1) is 5.75 Å². The van der Waals surface area contributed by atoms with E-state index >= 15 is 0 Å². The minimum Gasteiger partial charge on any atom is -0.480 e. The van der Waals surface area contributed by atoms with Crippen LogP contribution in [0.15, 0.2) is 40.9 Å². The fourth-order valence-corrected chi connectivity index (χ4v) is 2.34. The largest absolute Gasteiger partial charge is 0.480 e. The van der Waals surface area contributed by atoms with E-state index in [0.717, 1.165) is 11.3 Å². The molecule has 0 saturated carbocycles. The number of benzene rings is 1. The fourth-order valence-electron chi connectivity index (χ4n) is 1.48. The Bertz CT molecular complexity index is 542. The second kappa shape index (κ2) is 6.40. The Morgan fingerprint density at radius 2 is 2.16 bits per heavy atom. The van der Waals surface area contributed by atoms with E-state index < -0.39 is 12.0 Å². The van der Waals surface area contributed by atoms with Crippen molar-refractivity contribution >= 4 is 17.7 Å². The van der Waals surface area contributed by atoms with Crippen molar-refractivity contribution in [3.8, 4) is 11.3 Å². The molecule has 100 valence electrons. The van der Waals surface area contributed by atoms with Gasteiger partial charge in [0.15, 0.2) is 0 Å². The van der Waals surface area contributed by atoms with Gasteiger partial charge >= 0.3 is 5.97 Å². The van der Waals surface area contributed by atoms with Gasteiger partial charge < -0.3 is 15.4 Å². The van der Waals surface area contributed by atoms with Gasteiger partial charge in [0.1, 0.15) is 17.5 Å². The van der Waals surface area contributed by atoms with E-state index in [4.69, 9.17) is 15.4 Å². The normalized spacial score (nSPS) is 12.3. The van der Waals surface area contributed by atoms with Crippen molar-refractivity contribution in [1.82, 2.24) is 5.16 Å². The third-order valence-electron chi connectivity index (χ3n) is 2.49. The molecule has 5 nitrogen and oxygen atoms in total. The molecular weight excluding hydrogens is 264 g/mol. The second-order valence-corrected chi connectivity index (χ2v) is 5.03. The van der Waals surface area contributed by atoms with Crippen LogP contribution in [0.25, 0.3) is 11.3 Å². The predicted octanol–water partition coefficient (Wildman–Crippen LogP) is 1.99. The maximum absolute atomic E-state index is 10.6. The van der Waals surface area contributed by atoms with Crippen molar-refractivity contribution in [1.29, 1.82) is 0 Å². The number of carboxylic acids is 1. The Morgan fingerprint density at radius 1 is 1.42 bits per heavy atom. The zero-order valence-corrected chi connectivity index (χ0v) is 11.0. The molecule has 6 heteroatoms. The van der Waals surface area contributed by atoms with Crippen molar-refractivity contribution in [3.63, 3.8) is 0 Å². The van der Waals surface area contributed by atoms with Gasteiger partial charge in [-0.25, -0.2) is 0 Å². The number of thioether (sulfide) groups is 1. The molecule has 3 N–H and O–H groups in total. The van der Waals surface area contributed by atoms with Crippen molar-refractivity contribution in [3.05, 3.63) is 42.2 Å². The lowest BCUT2D eigenvalue weighted by Crippen LogP contribution is -2.32. The Hall–Kier alpha value is -1.79. The summed E-state index contributed by atoms with van der Waals surface area (Å²) in [7, 11) is 0. The number of rotatable bonds is 6. The van der Waals surface area contributed by atoms with Gasteiger partial charge in [-0.1, -0.05) is 35.5 Å². The highest BCUT2D eigenvalue weighted by atomic mass is 32.2. The molecule has 0 aliphatic carbocycles. The number of carbonyl (C=O) groups is 1. The van der Waals surface area contributed by atoms with Crippen molar-refractivity contribution in [2.75, 3.05) is 5.75 Å². The lowest BCUT2D eigenvalue weighted by molar-refractivity contribution is -0.137. The van der Waals surface area contributed by atoms with Gasteiger partial charge in [-0.05, 0) is 0 Å². The minimum absolute atomic E-state index is 0.344. The molecule has 0 bridgehead atoms. The summed E-state index contributed by atoms with van der Waals surface area (Å²) in [5.74, 6) is 0.619. The zero-order chi connectivity index (χ0) is 13.7. The Morgan fingerprint density at radius 3 is 2.84 bits per heavy atom. The lowest BCUT2D eigenvalue weighted by Gasteiger charge is -2.03. The highest BCUT2D eigenvalue weighted by Crippen LogP contribution is 2.21. The fraction of sp³-hybridized carbons (Fsp3) is 0.231. The summed E-state index contributed by atoms with van der Waals surface area (Å²) in [6.07, 6.45) is 0. The van der Waals surface area contributed by atoms with Crippen LogP contribution in [0.2, 0.25) is 0 Å². The quantitative estimate of drug-likeness (QED) is 0.840. The predicted molar refractivity (Wildman–Crippen MR) is 73.7 cm³/mol. The molecule has 0 unspecified atom stereocenters. The van der Waals surface area contributed by atoms with Crippen LogP contribution >= 0.6 is 11.8 Å². The summed E-state index contributed by atoms with van der Waals surface area (Å²) in [5, 5.41) is 12.6. The standard InChI is InChI=1S/C13H14N2O3S/c14-11(13(16)17)8-19-7-10-6-12(15-18-10)9-4-2-1-3-5-9/h1-6,11H,7-8,14H2,(H,16,17)/t11-/m1/s1. The summed E-state index contributed by atoms with van der Waals surface area (Å²) in [6, 6.07) is 10.7. The average Bonchev–Trinajstić information content (AvgIpc) is 2.88. The molecule has 0 amide bonds. The van der Waals surface area contributed by atoms with E-state index in [2.05, 4.69) is 5.16 Å². The maximum atomic E-state index is 10.6. The van der Waals surface area contributed by atoms with E-state index in [1.165, 1.54) is 11.8 Å². The maximum Gasteiger partial charge on any atom is 0.321 e. The van der Waals surface area contributed by atoms with E-state index in [0.29, 0.717) is 17.3 Å². The van der Waals surface area contributed by atoms with Gasteiger partial charge in [-0.2, -0.15) is 11.8 Å². The second-order valence-electron chi connectivity index (χ2n) is 4.00. The number of hydrogen-bond acceptors (Lipinski definition) is 5. The van der Waals surface area contributed by atoms with Gasteiger partial charge in [-0.15, -0.1) is 0 Å².